The van der Waals surface area contributed by atoms with Gasteiger partial charge in [-0.1, -0.05) is 97.1 Å². The fourth-order valence-corrected chi connectivity index (χ4v) is 3.60. The Morgan fingerprint density at radius 3 is 1.25 bits per heavy atom. The fourth-order valence-electron chi connectivity index (χ4n) is 3.60. The number of carbonyl (C=O) groups is 1. The predicted octanol–water partition coefficient (Wildman–Crippen LogP) is 6.87. The lowest BCUT2D eigenvalue weighted by Gasteiger charge is -2.11. The van der Waals surface area contributed by atoms with E-state index in [0.717, 1.165) is 44.5 Å². The van der Waals surface area contributed by atoms with Crippen LogP contribution in [0.2, 0.25) is 0 Å². The molecule has 0 aliphatic rings. The van der Waals surface area contributed by atoms with E-state index in [2.05, 4.69) is 36.4 Å². The lowest BCUT2D eigenvalue weighted by atomic mass is 9.92. The summed E-state index contributed by atoms with van der Waals surface area (Å²) in [5, 5.41) is 0. The van der Waals surface area contributed by atoms with Crippen molar-refractivity contribution < 1.29 is 4.79 Å². The highest BCUT2D eigenvalue weighted by molar-refractivity contribution is 6.11. The number of aryl methyl sites for hydroxylation is 2. The van der Waals surface area contributed by atoms with E-state index >= 15 is 0 Å². The van der Waals surface area contributed by atoms with Crippen molar-refractivity contribution in [3.05, 3.63) is 119 Å². The van der Waals surface area contributed by atoms with Crippen molar-refractivity contribution in [2.75, 3.05) is 0 Å². The van der Waals surface area contributed by atoms with Crippen molar-refractivity contribution in [3.63, 3.8) is 0 Å². The van der Waals surface area contributed by atoms with Crippen molar-refractivity contribution in [3.8, 4) is 22.3 Å². The molecular weight excluding hydrogens is 340 g/mol. The van der Waals surface area contributed by atoms with Gasteiger partial charge in [0.25, 0.3) is 0 Å². The summed E-state index contributed by atoms with van der Waals surface area (Å²) in [4.78, 5) is 13.2. The van der Waals surface area contributed by atoms with Crippen molar-refractivity contribution in [1.29, 1.82) is 0 Å². The molecule has 0 bridgehead atoms. The Hall–Kier alpha value is -3.45. The zero-order valence-corrected chi connectivity index (χ0v) is 16.1. The van der Waals surface area contributed by atoms with Crippen LogP contribution >= 0.6 is 0 Å². The Labute approximate surface area is 166 Å². The highest BCUT2D eigenvalue weighted by Gasteiger charge is 2.15. The van der Waals surface area contributed by atoms with E-state index in [1.54, 1.807) is 0 Å². The fraction of sp³-hybridized carbons (Fsp3) is 0.0741. The van der Waals surface area contributed by atoms with Gasteiger partial charge in [0.05, 0.1) is 0 Å². The molecule has 0 atom stereocenters. The second-order valence-electron chi connectivity index (χ2n) is 7.12. The van der Waals surface area contributed by atoms with Gasteiger partial charge in [-0.2, -0.15) is 0 Å². The normalized spacial score (nSPS) is 10.6. The zero-order valence-electron chi connectivity index (χ0n) is 16.1. The number of hydrogen-bond donors (Lipinski definition) is 0. The van der Waals surface area contributed by atoms with Crippen LogP contribution in [0.15, 0.2) is 97.1 Å². The summed E-state index contributed by atoms with van der Waals surface area (Å²) >= 11 is 0. The molecule has 0 spiro atoms. The molecule has 0 N–H and O–H groups in total. The first-order valence-corrected chi connectivity index (χ1v) is 9.50. The average molecular weight is 362 g/mol. The lowest BCUT2D eigenvalue weighted by Crippen LogP contribution is -2.06. The lowest BCUT2D eigenvalue weighted by molar-refractivity contribution is 0.103. The SMILES string of the molecule is Cc1cc(-c2ccccc2)ccc1C(=O)c1ccc(-c2ccccc2)cc1C. The van der Waals surface area contributed by atoms with Gasteiger partial charge in [-0.15, -0.1) is 0 Å². The largest absolute Gasteiger partial charge is 0.289 e. The second kappa shape index (κ2) is 7.66. The topological polar surface area (TPSA) is 17.1 Å². The molecule has 0 aliphatic carbocycles. The molecule has 4 aromatic carbocycles. The summed E-state index contributed by atoms with van der Waals surface area (Å²) in [5.74, 6) is 0.0780. The number of rotatable bonds is 4. The summed E-state index contributed by atoms with van der Waals surface area (Å²) in [6, 6.07) is 32.6. The molecule has 1 heteroatoms. The van der Waals surface area contributed by atoms with E-state index in [9.17, 15) is 4.79 Å². The zero-order chi connectivity index (χ0) is 19.5. The van der Waals surface area contributed by atoms with Crippen LogP contribution in [-0.2, 0) is 0 Å². The number of hydrogen-bond acceptors (Lipinski definition) is 1. The van der Waals surface area contributed by atoms with Crippen LogP contribution in [0.25, 0.3) is 22.3 Å². The number of benzene rings is 4. The molecule has 0 unspecified atom stereocenters. The first-order valence-electron chi connectivity index (χ1n) is 9.50. The number of carbonyl (C=O) groups excluding carboxylic acids is 1. The second-order valence-corrected chi connectivity index (χ2v) is 7.12. The van der Waals surface area contributed by atoms with Crippen LogP contribution in [-0.4, -0.2) is 5.78 Å². The molecule has 0 radical (unpaired) electrons. The molecule has 1 nitrogen and oxygen atoms in total. The van der Waals surface area contributed by atoms with Crippen LogP contribution in [0, 0.1) is 13.8 Å². The third kappa shape index (κ3) is 3.52. The highest BCUT2D eigenvalue weighted by Crippen LogP contribution is 2.26. The molecule has 0 aromatic heterocycles. The van der Waals surface area contributed by atoms with Gasteiger partial charge in [0.2, 0.25) is 0 Å². The molecule has 0 saturated heterocycles. The minimum Gasteiger partial charge on any atom is -0.289 e. The summed E-state index contributed by atoms with van der Waals surface area (Å²) in [6.07, 6.45) is 0. The quantitative estimate of drug-likeness (QED) is 0.362. The molecular formula is C27H22O. The van der Waals surface area contributed by atoms with E-state index in [1.807, 2.05) is 74.5 Å². The molecule has 28 heavy (non-hydrogen) atoms. The van der Waals surface area contributed by atoms with Crippen LogP contribution in [0.4, 0.5) is 0 Å². The third-order valence-corrected chi connectivity index (χ3v) is 5.16. The Balaban J connectivity index is 1.66. The smallest absolute Gasteiger partial charge is 0.193 e. The van der Waals surface area contributed by atoms with E-state index in [1.165, 1.54) is 0 Å². The first-order chi connectivity index (χ1) is 13.6. The van der Waals surface area contributed by atoms with Crippen LogP contribution in [0.1, 0.15) is 27.0 Å². The molecule has 0 saturated carbocycles. The van der Waals surface area contributed by atoms with E-state index in [4.69, 9.17) is 0 Å². The molecule has 0 amide bonds. The van der Waals surface area contributed by atoms with Gasteiger partial charge in [0, 0.05) is 11.1 Å². The Kier molecular flexibility index (Phi) is 4.90. The van der Waals surface area contributed by atoms with Crippen LogP contribution < -0.4 is 0 Å². The Bertz CT molecular complexity index is 1030. The maximum absolute atomic E-state index is 13.2. The van der Waals surface area contributed by atoms with Crippen molar-refractivity contribution in [2.45, 2.75) is 13.8 Å². The molecule has 4 aromatic rings. The van der Waals surface area contributed by atoms with Crippen molar-refractivity contribution in [2.24, 2.45) is 0 Å². The molecule has 0 fully saturated rings. The number of ketones is 1. The predicted molar refractivity (Wildman–Crippen MR) is 117 cm³/mol. The van der Waals surface area contributed by atoms with Gasteiger partial charge in [-0.25, -0.2) is 0 Å². The highest BCUT2D eigenvalue weighted by atomic mass is 16.1. The Morgan fingerprint density at radius 2 is 0.893 bits per heavy atom. The summed E-state index contributed by atoms with van der Waals surface area (Å²) in [5.41, 5.74) is 8.10. The van der Waals surface area contributed by atoms with Gasteiger partial charge in [0.1, 0.15) is 0 Å². The maximum atomic E-state index is 13.2. The minimum absolute atomic E-state index is 0.0780. The van der Waals surface area contributed by atoms with E-state index in [0.29, 0.717) is 0 Å². The van der Waals surface area contributed by atoms with Crippen molar-refractivity contribution in [1.82, 2.24) is 0 Å². The molecule has 136 valence electrons. The van der Waals surface area contributed by atoms with Gasteiger partial charge in [-0.05, 0) is 47.2 Å². The third-order valence-electron chi connectivity index (χ3n) is 5.16. The van der Waals surface area contributed by atoms with E-state index in [-0.39, 0.29) is 5.78 Å². The summed E-state index contributed by atoms with van der Waals surface area (Å²) in [6.45, 7) is 4.01. The van der Waals surface area contributed by atoms with Gasteiger partial charge < -0.3 is 0 Å². The van der Waals surface area contributed by atoms with Crippen LogP contribution in [0.3, 0.4) is 0 Å². The van der Waals surface area contributed by atoms with Gasteiger partial charge in [-0.3, -0.25) is 4.79 Å². The summed E-state index contributed by atoms with van der Waals surface area (Å²) < 4.78 is 0. The standard InChI is InChI=1S/C27H22O/c1-19-17-23(21-9-5-3-6-10-21)13-15-25(19)27(28)26-16-14-24(18-20(26)2)22-11-7-4-8-12-22/h3-18H,1-2H3. The first kappa shape index (κ1) is 17.9. The van der Waals surface area contributed by atoms with Crippen LogP contribution in [0.5, 0.6) is 0 Å². The minimum atomic E-state index is 0.0780. The molecule has 0 aliphatic heterocycles. The average Bonchev–Trinajstić information content (AvgIpc) is 2.74. The monoisotopic (exact) mass is 362 g/mol. The Morgan fingerprint density at radius 1 is 0.500 bits per heavy atom. The summed E-state index contributed by atoms with van der Waals surface area (Å²) in [7, 11) is 0. The maximum Gasteiger partial charge on any atom is 0.193 e. The van der Waals surface area contributed by atoms with Crippen molar-refractivity contribution >= 4 is 5.78 Å². The van der Waals surface area contributed by atoms with E-state index < -0.39 is 0 Å². The van der Waals surface area contributed by atoms with Gasteiger partial charge >= 0.3 is 0 Å². The van der Waals surface area contributed by atoms with Gasteiger partial charge in [0.15, 0.2) is 5.78 Å². The molecule has 0 heterocycles. The molecule has 4 rings (SSSR count).